The summed E-state index contributed by atoms with van der Waals surface area (Å²) in [5.74, 6) is -0.146. The van der Waals surface area contributed by atoms with Crippen LogP contribution >= 0.6 is 11.3 Å². The standard InChI is InChI=1S/C21H15N5OS/c27-20(16-3-7-18(8-4-16)26-10-9-22-14-26)23-17-5-1-15(2-6-17)19-13-25-11-12-28-21(25)24-19/h1-14H,(H,23,27). The largest absolute Gasteiger partial charge is 0.322 e. The lowest BCUT2D eigenvalue weighted by Gasteiger charge is -2.07. The second-order valence-corrected chi connectivity index (χ2v) is 7.14. The number of anilines is 1. The molecular weight excluding hydrogens is 370 g/mol. The van der Waals surface area contributed by atoms with Gasteiger partial charge in [-0.25, -0.2) is 9.97 Å². The van der Waals surface area contributed by atoms with Crippen LogP contribution in [0.5, 0.6) is 0 Å². The average molecular weight is 385 g/mol. The molecule has 1 N–H and O–H groups in total. The Hall–Kier alpha value is -3.71. The summed E-state index contributed by atoms with van der Waals surface area (Å²) in [5.41, 5.74) is 4.23. The van der Waals surface area contributed by atoms with Gasteiger partial charge in [-0.1, -0.05) is 12.1 Å². The number of carbonyl (C=O) groups is 1. The van der Waals surface area contributed by atoms with Crippen molar-refractivity contribution in [3.63, 3.8) is 0 Å². The number of fused-ring (bicyclic) bond motifs is 1. The molecule has 0 saturated heterocycles. The van der Waals surface area contributed by atoms with E-state index in [1.807, 2.05) is 69.3 Å². The first-order valence-corrected chi connectivity index (χ1v) is 9.57. The van der Waals surface area contributed by atoms with Crippen LogP contribution in [-0.4, -0.2) is 24.8 Å². The third kappa shape index (κ3) is 3.08. The molecule has 0 radical (unpaired) electrons. The molecule has 2 aromatic carbocycles. The molecule has 0 aliphatic heterocycles. The Kier molecular flexibility index (Phi) is 3.99. The first-order chi connectivity index (χ1) is 13.8. The molecule has 0 fully saturated rings. The maximum Gasteiger partial charge on any atom is 0.255 e. The zero-order valence-corrected chi connectivity index (χ0v) is 15.5. The van der Waals surface area contributed by atoms with Crippen molar-refractivity contribution in [2.45, 2.75) is 0 Å². The van der Waals surface area contributed by atoms with Gasteiger partial charge in [-0.05, 0) is 36.4 Å². The zero-order chi connectivity index (χ0) is 18.9. The molecule has 5 aromatic rings. The van der Waals surface area contributed by atoms with Crippen molar-refractivity contribution in [2.75, 3.05) is 5.32 Å². The molecule has 136 valence electrons. The minimum absolute atomic E-state index is 0.146. The number of carbonyl (C=O) groups excluding carboxylic acids is 1. The molecule has 0 bridgehead atoms. The first kappa shape index (κ1) is 16.5. The van der Waals surface area contributed by atoms with Gasteiger partial charge in [0.2, 0.25) is 0 Å². The lowest BCUT2D eigenvalue weighted by Crippen LogP contribution is -2.11. The van der Waals surface area contributed by atoms with E-state index in [1.165, 1.54) is 0 Å². The molecule has 6 nitrogen and oxygen atoms in total. The highest BCUT2D eigenvalue weighted by molar-refractivity contribution is 7.15. The van der Waals surface area contributed by atoms with Crippen LogP contribution in [0.2, 0.25) is 0 Å². The van der Waals surface area contributed by atoms with Crippen molar-refractivity contribution >= 4 is 27.9 Å². The number of thiazole rings is 1. The maximum absolute atomic E-state index is 12.5. The Morgan fingerprint density at radius 3 is 2.54 bits per heavy atom. The SMILES string of the molecule is O=C(Nc1ccc(-c2cn3ccsc3n2)cc1)c1ccc(-n2ccnc2)cc1. The van der Waals surface area contributed by atoms with Crippen LogP contribution in [0.25, 0.3) is 21.9 Å². The Labute approximate surface area is 164 Å². The topological polar surface area (TPSA) is 64.2 Å². The fourth-order valence-electron chi connectivity index (χ4n) is 2.99. The lowest BCUT2D eigenvalue weighted by molar-refractivity contribution is 0.102. The van der Waals surface area contributed by atoms with E-state index in [1.54, 1.807) is 36.0 Å². The number of rotatable bonds is 4. The summed E-state index contributed by atoms with van der Waals surface area (Å²) in [6.07, 6.45) is 9.29. The number of imidazole rings is 2. The zero-order valence-electron chi connectivity index (χ0n) is 14.7. The van der Waals surface area contributed by atoms with E-state index in [4.69, 9.17) is 0 Å². The van der Waals surface area contributed by atoms with Crippen LogP contribution < -0.4 is 5.32 Å². The van der Waals surface area contributed by atoms with Crippen LogP contribution in [0.4, 0.5) is 5.69 Å². The van der Waals surface area contributed by atoms with Crippen LogP contribution in [0, 0.1) is 0 Å². The van der Waals surface area contributed by atoms with Gasteiger partial charge < -0.3 is 9.88 Å². The molecular formula is C21H15N5OS. The molecule has 0 unspecified atom stereocenters. The van der Waals surface area contributed by atoms with E-state index in [-0.39, 0.29) is 5.91 Å². The van der Waals surface area contributed by atoms with Gasteiger partial charge in [0.25, 0.3) is 5.91 Å². The van der Waals surface area contributed by atoms with Crippen LogP contribution in [0.3, 0.4) is 0 Å². The van der Waals surface area contributed by atoms with E-state index < -0.39 is 0 Å². The summed E-state index contributed by atoms with van der Waals surface area (Å²) in [4.78, 5) is 22.1. The highest BCUT2D eigenvalue weighted by Crippen LogP contribution is 2.23. The van der Waals surface area contributed by atoms with Gasteiger partial charge in [0.1, 0.15) is 0 Å². The highest BCUT2D eigenvalue weighted by atomic mass is 32.1. The normalized spacial score (nSPS) is 11.0. The van der Waals surface area contributed by atoms with E-state index >= 15 is 0 Å². The summed E-state index contributed by atoms with van der Waals surface area (Å²) in [7, 11) is 0. The average Bonchev–Trinajstić information content (AvgIpc) is 3.46. The molecule has 5 rings (SSSR count). The third-order valence-corrected chi connectivity index (χ3v) is 5.23. The van der Waals surface area contributed by atoms with E-state index in [0.29, 0.717) is 5.56 Å². The van der Waals surface area contributed by atoms with Crippen molar-refractivity contribution < 1.29 is 4.79 Å². The van der Waals surface area contributed by atoms with Gasteiger partial charge >= 0.3 is 0 Å². The molecule has 0 spiro atoms. The number of hydrogen-bond donors (Lipinski definition) is 1. The molecule has 0 atom stereocenters. The minimum Gasteiger partial charge on any atom is -0.322 e. The predicted molar refractivity (Wildman–Crippen MR) is 110 cm³/mol. The van der Waals surface area contributed by atoms with Gasteiger partial charge in [0, 0.05) is 52.7 Å². The fourth-order valence-corrected chi connectivity index (χ4v) is 3.69. The van der Waals surface area contributed by atoms with Gasteiger partial charge in [-0.3, -0.25) is 9.20 Å². The number of nitrogens with one attached hydrogen (secondary N) is 1. The Bertz CT molecular complexity index is 1210. The molecule has 0 saturated carbocycles. The predicted octanol–water partition coefficient (Wildman–Crippen LogP) is 4.50. The second kappa shape index (κ2) is 6.79. The Morgan fingerprint density at radius 2 is 1.82 bits per heavy atom. The van der Waals surface area contributed by atoms with Crippen molar-refractivity contribution in [1.29, 1.82) is 0 Å². The van der Waals surface area contributed by atoms with Crippen molar-refractivity contribution in [3.8, 4) is 16.9 Å². The number of amides is 1. The molecule has 3 aromatic heterocycles. The van der Waals surface area contributed by atoms with Gasteiger partial charge in [0.05, 0.1) is 12.0 Å². The van der Waals surface area contributed by atoms with Gasteiger partial charge in [-0.2, -0.15) is 0 Å². The molecule has 1 amide bonds. The number of benzene rings is 2. The molecule has 28 heavy (non-hydrogen) atoms. The van der Waals surface area contributed by atoms with E-state index in [9.17, 15) is 4.79 Å². The summed E-state index contributed by atoms with van der Waals surface area (Å²) in [6, 6.07) is 15.1. The summed E-state index contributed by atoms with van der Waals surface area (Å²) >= 11 is 1.60. The quantitative estimate of drug-likeness (QED) is 0.495. The fraction of sp³-hybridized carbons (Fsp3) is 0. The Balaban J connectivity index is 1.30. The number of nitrogens with zero attached hydrogens (tertiary/aromatic N) is 4. The molecule has 0 aliphatic carbocycles. The third-order valence-electron chi connectivity index (χ3n) is 4.46. The lowest BCUT2D eigenvalue weighted by atomic mass is 10.1. The molecule has 0 aliphatic rings. The highest BCUT2D eigenvalue weighted by Gasteiger charge is 2.08. The van der Waals surface area contributed by atoms with E-state index in [2.05, 4.69) is 15.3 Å². The summed E-state index contributed by atoms with van der Waals surface area (Å²) < 4.78 is 3.89. The first-order valence-electron chi connectivity index (χ1n) is 8.69. The second-order valence-electron chi connectivity index (χ2n) is 6.27. The summed E-state index contributed by atoms with van der Waals surface area (Å²) in [5, 5.41) is 4.94. The van der Waals surface area contributed by atoms with Crippen LogP contribution in [-0.2, 0) is 0 Å². The summed E-state index contributed by atoms with van der Waals surface area (Å²) in [6.45, 7) is 0. The number of hydrogen-bond acceptors (Lipinski definition) is 4. The molecule has 7 heteroatoms. The van der Waals surface area contributed by atoms with E-state index in [0.717, 1.165) is 27.6 Å². The van der Waals surface area contributed by atoms with Crippen molar-refractivity contribution in [3.05, 3.63) is 90.6 Å². The smallest absolute Gasteiger partial charge is 0.255 e. The van der Waals surface area contributed by atoms with Crippen LogP contribution in [0.1, 0.15) is 10.4 Å². The number of aromatic nitrogens is 4. The monoisotopic (exact) mass is 385 g/mol. The molecule has 3 heterocycles. The van der Waals surface area contributed by atoms with Gasteiger partial charge in [-0.15, -0.1) is 11.3 Å². The maximum atomic E-state index is 12.5. The van der Waals surface area contributed by atoms with Crippen molar-refractivity contribution in [1.82, 2.24) is 18.9 Å². The van der Waals surface area contributed by atoms with Crippen LogP contribution in [0.15, 0.2) is 85.0 Å². The van der Waals surface area contributed by atoms with Crippen molar-refractivity contribution in [2.24, 2.45) is 0 Å². The van der Waals surface area contributed by atoms with Gasteiger partial charge in [0.15, 0.2) is 4.96 Å². The minimum atomic E-state index is -0.146. The Morgan fingerprint density at radius 1 is 1.00 bits per heavy atom.